The first-order valence-electron chi connectivity index (χ1n) is 7.05. The molecule has 114 valence electrons. The lowest BCUT2D eigenvalue weighted by molar-refractivity contribution is -0.0228. The molecule has 0 aliphatic carbocycles. The zero-order valence-electron chi connectivity index (χ0n) is 11.8. The molecule has 1 atom stereocenters. The Bertz CT molecular complexity index is 655. The van der Waals surface area contributed by atoms with Crippen LogP contribution in [0.2, 0.25) is 0 Å². The minimum atomic E-state index is -0.372. The number of carbonyl (C=O) groups excluding carboxylic acids is 1. The molecule has 1 saturated heterocycles. The predicted molar refractivity (Wildman–Crippen MR) is 77.4 cm³/mol. The predicted octanol–water partition coefficient (Wildman–Crippen LogP) is 3.18. The largest absolute Gasteiger partial charge is 0.370 e. The van der Waals surface area contributed by atoms with Crippen molar-refractivity contribution < 1.29 is 18.3 Å². The lowest BCUT2D eigenvalue weighted by Gasteiger charge is -2.33. The van der Waals surface area contributed by atoms with Crippen molar-refractivity contribution in [1.29, 1.82) is 0 Å². The zero-order valence-corrected chi connectivity index (χ0v) is 11.8. The average Bonchev–Trinajstić information content (AvgIpc) is 2.56. The van der Waals surface area contributed by atoms with Crippen molar-refractivity contribution in [3.8, 4) is 0 Å². The molecular formula is C17H15F2NO2. The molecule has 0 radical (unpaired) electrons. The second kappa shape index (κ2) is 6.23. The molecule has 1 amide bonds. The van der Waals surface area contributed by atoms with Gasteiger partial charge in [-0.3, -0.25) is 4.79 Å². The van der Waals surface area contributed by atoms with Gasteiger partial charge in [-0.05, 0) is 42.0 Å². The van der Waals surface area contributed by atoms with Gasteiger partial charge in [0.05, 0.1) is 13.2 Å². The van der Waals surface area contributed by atoms with Crippen LogP contribution in [0.4, 0.5) is 8.78 Å². The van der Waals surface area contributed by atoms with Crippen LogP contribution in [0.5, 0.6) is 0 Å². The van der Waals surface area contributed by atoms with Crippen molar-refractivity contribution in [2.45, 2.75) is 6.10 Å². The summed E-state index contributed by atoms with van der Waals surface area (Å²) in [5.41, 5.74) is 1.28. The van der Waals surface area contributed by atoms with Crippen molar-refractivity contribution in [3.05, 3.63) is 71.3 Å². The third kappa shape index (κ3) is 3.14. The van der Waals surface area contributed by atoms with Crippen LogP contribution < -0.4 is 0 Å². The number of nitrogens with zero attached hydrogens (tertiary/aromatic N) is 1. The third-order valence-corrected chi connectivity index (χ3v) is 3.69. The van der Waals surface area contributed by atoms with E-state index in [0.717, 1.165) is 5.56 Å². The van der Waals surface area contributed by atoms with E-state index in [-0.39, 0.29) is 23.6 Å². The van der Waals surface area contributed by atoms with Crippen LogP contribution in [0.25, 0.3) is 0 Å². The Labute approximate surface area is 127 Å². The smallest absolute Gasteiger partial charge is 0.254 e. The van der Waals surface area contributed by atoms with Gasteiger partial charge >= 0.3 is 0 Å². The maximum Gasteiger partial charge on any atom is 0.254 e. The fourth-order valence-electron chi connectivity index (χ4n) is 2.49. The first-order chi connectivity index (χ1) is 10.6. The summed E-state index contributed by atoms with van der Waals surface area (Å²) in [6, 6.07) is 11.5. The molecule has 5 heteroatoms. The number of amides is 1. The summed E-state index contributed by atoms with van der Waals surface area (Å²) in [4.78, 5) is 14.1. The molecule has 0 N–H and O–H groups in total. The van der Waals surface area contributed by atoms with E-state index in [1.165, 1.54) is 36.4 Å². The molecular weight excluding hydrogens is 288 g/mol. The highest BCUT2D eigenvalue weighted by atomic mass is 19.1. The van der Waals surface area contributed by atoms with Crippen molar-refractivity contribution in [2.24, 2.45) is 0 Å². The normalized spacial score (nSPS) is 18.3. The van der Waals surface area contributed by atoms with Crippen molar-refractivity contribution in [2.75, 3.05) is 19.7 Å². The summed E-state index contributed by atoms with van der Waals surface area (Å²) in [6.07, 6.45) is -0.279. The highest BCUT2D eigenvalue weighted by molar-refractivity contribution is 5.94. The van der Waals surface area contributed by atoms with E-state index in [0.29, 0.717) is 25.3 Å². The molecule has 0 bridgehead atoms. The van der Waals surface area contributed by atoms with Crippen molar-refractivity contribution in [1.82, 2.24) is 4.90 Å². The highest BCUT2D eigenvalue weighted by Gasteiger charge is 2.26. The quantitative estimate of drug-likeness (QED) is 0.853. The topological polar surface area (TPSA) is 29.5 Å². The molecule has 0 spiro atoms. The number of rotatable bonds is 2. The summed E-state index contributed by atoms with van der Waals surface area (Å²) < 4.78 is 31.6. The fraction of sp³-hybridized carbons (Fsp3) is 0.235. The van der Waals surface area contributed by atoms with Gasteiger partial charge in [-0.15, -0.1) is 0 Å². The van der Waals surface area contributed by atoms with Crippen LogP contribution in [0.1, 0.15) is 22.0 Å². The summed E-state index contributed by atoms with van der Waals surface area (Å²) in [5.74, 6) is -0.836. The Morgan fingerprint density at radius 3 is 2.23 bits per heavy atom. The third-order valence-electron chi connectivity index (χ3n) is 3.69. The van der Waals surface area contributed by atoms with E-state index in [4.69, 9.17) is 4.74 Å². The minimum Gasteiger partial charge on any atom is -0.370 e. The van der Waals surface area contributed by atoms with Gasteiger partial charge in [-0.25, -0.2) is 8.78 Å². The van der Waals surface area contributed by atoms with Crippen LogP contribution in [0.15, 0.2) is 48.5 Å². The lowest BCUT2D eigenvalue weighted by Crippen LogP contribution is -2.42. The van der Waals surface area contributed by atoms with Crippen molar-refractivity contribution in [3.63, 3.8) is 0 Å². The Morgan fingerprint density at radius 1 is 1.00 bits per heavy atom. The van der Waals surface area contributed by atoms with Gasteiger partial charge in [0, 0.05) is 12.1 Å². The number of hydrogen-bond acceptors (Lipinski definition) is 2. The van der Waals surface area contributed by atoms with Crippen LogP contribution in [-0.2, 0) is 4.74 Å². The van der Waals surface area contributed by atoms with Crippen LogP contribution in [0.3, 0.4) is 0 Å². The van der Waals surface area contributed by atoms with Gasteiger partial charge in [0.1, 0.15) is 17.7 Å². The molecule has 3 nitrogen and oxygen atoms in total. The van der Waals surface area contributed by atoms with Gasteiger partial charge in [0.25, 0.3) is 5.91 Å². The number of carbonyl (C=O) groups is 1. The number of hydrogen-bond donors (Lipinski definition) is 0. The van der Waals surface area contributed by atoms with E-state index in [9.17, 15) is 13.6 Å². The summed E-state index contributed by atoms with van der Waals surface area (Å²) in [6.45, 7) is 1.28. The number of benzene rings is 2. The molecule has 2 aromatic carbocycles. The Hall–Kier alpha value is -2.27. The molecule has 0 saturated carbocycles. The molecule has 1 fully saturated rings. The average molecular weight is 303 g/mol. The number of halogens is 2. The van der Waals surface area contributed by atoms with E-state index in [1.54, 1.807) is 17.0 Å². The Balaban J connectivity index is 1.73. The molecule has 22 heavy (non-hydrogen) atoms. The lowest BCUT2D eigenvalue weighted by atomic mass is 10.1. The van der Waals surface area contributed by atoms with E-state index in [1.807, 2.05) is 0 Å². The van der Waals surface area contributed by atoms with Gasteiger partial charge < -0.3 is 9.64 Å². The first kappa shape index (κ1) is 14.7. The number of ether oxygens (including phenoxy) is 1. The Kier molecular flexibility index (Phi) is 4.15. The number of morpholine rings is 1. The van der Waals surface area contributed by atoms with Gasteiger partial charge in [-0.1, -0.05) is 12.1 Å². The highest BCUT2D eigenvalue weighted by Crippen LogP contribution is 2.23. The minimum absolute atomic E-state index is 0.157. The maximum absolute atomic E-state index is 13.0. The first-order valence-corrected chi connectivity index (χ1v) is 7.05. The van der Waals surface area contributed by atoms with Crippen LogP contribution in [-0.4, -0.2) is 30.5 Å². The molecule has 3 rings (SSSR count). The summed E-state index contributed by atoms with van der Waals surface area (Å²) in [7, 11) is 0. The SMILES string of the molecule is O=C(c1ccc(F)cc1)N1CCO[C@@H](c2ccc(F)cc2)C1. The summed E-state index contributed by atoms with van der Waals surface area (Å²) >= 11 is 0. The molecule has 0 unspecified atom stereocenters. The monoisotopic (exact) mass is 303 g/mol. The zero-order chi connectivity index (χ0) is 15.5. The Morgan fingerprint density at radius 2 is 1.59 bits per heavy atom. The maximum atomic E-state index is 13.0. The second-order valence-electron chi connectivity index (χ2n) is 5.17. The molecule has 1 aliphatic heterocycles. The molecule has 1 aliphatic rings. The van der Waals surface area contributed by atoms with E-state index in [2.05, 4.69) is 0 Å². The molecule has 0 aromatic heterocycles. The molecule has 1 heterocycles. The van der Waals surface area contributed by atoms with Gasteiger partial charge in [0.15, 0.2) is 0 Å². The van der Waals surface area contributed by atoms with E-state index >= 15 is 0 Å². The van der Waals surface area contributed by atoms with E-state index < -0.39 is 0 Å². The van der Waals surface area contributed by atoms with Gasteiger partial charge in [-0.2, -0.15) is 0 Å². The van der Waals surface area contributed by atoms with Crippen LogP contribution in [0, 0.1) is 11.6 Å². The fourth-order valence-corrected chi connectivity index (χ4v) is 2.49. The second-order valence-corrected chi connectivity index (χ2v) is 5.17. The standard InChI is InChI=1S/C17H15F2NO2/c18-14-5-1-12(2-6-14)16-11-20(9-10-22-16)17(21)13-3-7-15(19)8-4-13/h1-8,16H,9-11H2/t16-/m1/s1. The van der Waals surface area contributed by atoms with Crippen molar-refractivity contribution >= 4 is 5.91 Å². The summed E-state index contributed by atoms with van der Waals surface area (Å²) in [5, 5.41) is 0. The van der Waals surface area contributed by atoms with Crippen LogP contribution >= 0.6 is 0 Å². The molecule has 2 aromatic rings. The van der Waals surface area contributed by atoms with Gasteiger partial charge in [0.2, 0.25) is 0 Å².